The molecule has 1 aliphatic heterocycles. The van der Waals surface area contributed by atoms with Crippen LogP contribution < -0.4 is 5.32 Å². The van der Waals surface area contributed by atoms with Gasteiger partial charge in [-0.15, -0.1) is 0 Å². The number of aryl methyl sites for hydroxylation is 1. The van der Waals surface area contributed by atoms with Crippen LogP contribution in [-0.2, 0) is 6.42 Å². The van der Waals surface area contributed by atoms with Crippen molar-refractivity contribution in [3.8, 4) is 0 Å². The lowest BCUT2D eigenvalue weighted by Gasteiger charge is -2.38. The zero-order valence-electron chi connectivity index (χ0n) is 13.0. The quantitative estimate of drug-likeness (QED) is 0.623. The summed E-state index contributed by atoms with van der Waals surface area (Å²) in [5, 5.41) is 5.23. The first kappa shape index (κ1) is 15.1. The lowest BCUT2D eigenvalue weighted by atomic mass is 9.77. The number of hydrogen-bond donors (Lipinski definition) is 1. The van der Waals surface area contributed by atoms with Crippen molar-refractivity contribution in [2.45, 2.75) is 31.7 Å². The second-order valence-corrected chi connectivity index (χ2v) is 7.20. The molecule has 0 radical (unpaired) electrons. The Hall–Kier alpha value is -1.44. The molecule has 2 aliphatic rings. The van der Waals surface area contributed by atoms with E-state index in [-0.39, 0.29) is 6.04 Å². The van der Waals surface area contributed by atoms with Gasteiger partial charge < -0.3 is 5.32 Å². The summed E-state index contributed by atoms with van der Waals surface area (Å²) in [5.74, 6) is 0.833. The van der Waals surface area contributed by atoms with Crippen molar-refractivity contribution in [1.82, 2.24) is 0 Å². The summed E-state index contributed by atoms with van der Waals surface area (Å²) in [6.07, 6.45) is 6.70. The molecule has 0 bridgehead atoms. The van der Waals surface area contributed by atoms with Gasteiger partial charge in [-0.25, -0.2) is 0 Å². The normalized spacial score (nSPS) is 24.9. The highest BCUT2D eigenvalue weighted by Gasteiger charge is 2.39. The number of nitrogens with one attached hydrogen (secondary N) is 1. The summed E-state index contributed by atoms with van der Waals surface area (Å²) in [6.45, 7) is 2.18. The average Bonchev–Trinajstić information content (AvgIpc) is 3.07. The van der Waals surface area contributed by atoms with E-state index in [0.717, 1.165) is 34.1 Å². The van der Waals surface area contributed by atoms with Gasteiger partial charge in [0.25, 0.3) is 0 Å². The van der Waals surface area contributed by atoms with Crippen LogP contribution in [0.2, 0.25) is 10.0 Å². The Morgan fingerprint density at radius 2 is 1.78 bits per heavy atom. The van der Waals surface area contributed by atoms with Crippen molar-refractivity contribution < 1.29 is 0 Å². The second-order valence-electron chi connectivity index (χ2n) is 6.39. The molecule has 0 unspecified atom stereocenters. The first-order valence-electron chi connectivity index (χ1n) is 8.19. The summed E-state index contributed by atoms with van der Waals surface area (Å²) in [7, 11) is 0. The number of hydrogen-bond acceptors (Lipinski definition) is 1. The van der Waals surface area contributed by atoms with Crippen molar-refractivity contribution in [3.63, 3.8) is 0 Å². The SMILES string of the molecule is CCc1ccc([C@@H]2Nc3c(Cl)ccc(Cl)c3[C@@H]3C=CC[C@@H]32)cc1. The maximum atomic E-state index is 6.48. The molecule has 0 spiro atoms. The molecule has 23 heavy (non-hydrogen) atoms. The molecule has 3 atom stereocenters. The van der Waals surface area contributed by atoms with Crippen LogP contribution in [0, 0.1) is 5.92 Å². The fourth-order valence-corrected chi connectivity index (χ4v) is 4.42. The van der Waals surface area contributed by atoms with E-state index < -0.39 is 0 Å². The summed E-state index contributed by atoms with van der Waals surface area (Å²) >= 11 is 12.9. The third-order valence-electron chi connectivity index (χ3n) is 5.16. The number of fused-ring (bicyclic) bond motifs is 3. The highest BCUT2D eigenvalue weighted by molar-refractivity contribution is 6.36. The van der Waals surface area contributed by atoms with E-state index in [0.29, 0.717) is 11.8 Å². The van der Waals surface area contributed by atoms with Crippen LogP contribution in [0.3, 0.4) is 0 Å². The first-order valence-corrected chi connectivity index (χ1v) is 8.94. The zero-order chi connectivity index (χ0) is 16.0. The van der Waals surface area contributed by atoms with Crippen molar-refractivity contribution in [3.05, 3.63) is 75.3 Å². The van der Waals surface area contributed by atoms with E-state index in [9.17, 15) is 0 Å². The molecular weight excluding hydrogens is 325 g/mol. The summed E-state index contributed by atoms with van der Waals surface area (Å²) < 4.78 is 0. The highest BCUT2D eigenvalue weighted by Crippen LogP contribution is 2.53. The van der Waals surface area contributed by atoms with Gasteiger partial charge in [-0.2, -0.15) is 0 Å². The molecule has 0 aromatic heterocycles. The Balaban J connectivity index is 1.79. The number of anilines is 1. The molecule has 0 saturated carbocycles. The maximum absolute atomic E-state index is 6.48. The third kappa shape index (κ3) is 2.47. The van der Waals surface area contributed by atoms with Crippen molar-refractivity contribution in [2.75, 3.05) is 5.32 Å². The van der Waals surface area contributed by atoms with Crippen molar-refractivity contribution in [1.29, 1.82) is 0 Å². The van der Waals surface area contributed by atoms with E-state index in [1.54, 1.807) is 0 Å². The molecule has 1 heterocycles. The van der Waals surface area contributed by atoms with Crippen LogP contribution in [0.1, 0.15) is 42.0 Å². The first-order chi connectivity index (χ1) is 11.2. The van der Waals surface area contributed by atoms with Gasteiger partial charge in [-0.3, -0.25) is 0 Å². The Bertz CT molecular complexity index is 764. The fourth-order valence-electron chi connectivity index (χ4n) is 3.92. The van der Waals surface area contributed by atoms with E-state index in [1.807, 2.05) is 12.1 Å². The van der Waals surface area contributed by atoms with E-state index in [1.165, 1.54) is 11.1 Å². The van der Waals surface area contributed by atoms with Crippen LogP contribution in [0.25, 0.3) is 0 Å². The molecule has 1 N–H and O–H groups in total. The van der Waals surface area contributed by atoms with Gasteiger partial charge in [-0.1, -0.05) is 66.5 Å². The molecule has 1 aliphatic carbocycles. The van der Waals surface area contributed by atoms with E-state index in [2.05, 4.69) is 48.7 Å². The van der Waals surface area contributed by atoms with Crippen molar-refractivity contribution >= 4 is 28.9 Å². The molecule has 1 nitrogen and oxygen atoms in total. The number of allylic oxidation sites excluding steroid dienone is 2. The molecule has 0 saturated heterocycles. The summed E-state index contributed by atoms with van der Waals surface area (Å²) in [5.41, 5.74) is 4.84. The van der Waals surface area contributed by atoms with Gasteiger partial charge in [0.05, 0.1) is 16.8 Å². The lowest BCUT2D eigenvalue weighted by Crippen LogP contribution is -2.29. The Morgan fingerprint density at radius 3 is 2.52 bits per heavy atom. The molecule has 2 aromatic carbocycles. The minimum absolute atomic E-state index is 0.268. The molecule has 0 amide bonds. The number of halogens is 2. The van der Waals surface area contributed by atoms with Crippen LogP contribution in [-0.4, -0.2) is 0 Å². The smallest absolute Gasteiger partial charge is 0.0641 e. The van der Waals surface area contributed by atoms with E-state index >= 15 is 0 Å². The molecule has 2 aromatic rings. The van der Waals surface area contributed by atoms with E-state index in [4.69, 9.17) is 23.2 Å². The van der Waals surface area contributed by atoms with Gasteiger partial charge in [-0.05, 0) is 42.0 Å². The van der Waals surface area contributed by atoms with Gasteiger partial charge in [0.15, 0.2) is 0 Å². The summed E-state index contributed by atoms with van der Waals surface area (Å²) in [6, 6.07) is 13.0. The second kappa shape index (κ2) is 5.89. The van der Waals surface area contributed by atoms with Gasteiger partial charge in [0.1, 0.15) is 0 Å². The van der Waals surface area contributed by atoms with Crippen LogP contribution in [0.5, 0.6) is 0 Å². The predicted octanol–water partition coefficient (Wildman–Crippen LogP) is 6.38. The average molecular weight is 344 g/mol. The Morgan fingerprint density at radius 1 is 1.04 bits per heavy atom. The summed E-state index contributed by atoms with van der Waals surface area (Å²) in [4.78, 5) is 0. The number of rotatable bonds is 2. The standard InChI is InChI=1S/C20H19Cl2N/c1-2-12-6-8-13(9-7-12)19-15-5-3-4-14(15)18-16(21)10-11-17(22)20(18)23-19/h3-4,6-11,14-15,19,23H,2,5H2,1H3/t14-,15+,19+/m1/s1. The largest absolute Gasteiger partial charge is 0.376 e. The molecular formula is C20H19Cl2N. The number of benzene rings is 2. The lowest BCUT2D eigenvalue weighted by molar-refractivity contribution is 0.425. The molecule has 118 valence electrons. The zero-order valence-corrected chi connectivity index (χ0v) is 14.5. The predicted molar refractivity (Wildman–Crippen MR) is 98.6 cm³/mol. The maximum Gasteiger partial charge on any atom is 0.0641 e. The van der Waals surface area contributed by atoms with Gasteiger partial charge >= 0.3 is 0 Å². The van der Waals surface area contributed by atoms with Gasteiger partial charge in [0, 0.05) is 16.5 Å². The fraction of sp³-hybridized carbons (Fsp3) is 0.300. The molecule has 0 fully saturated rings. The van der Waals surface area contributed by atoms with Crippen LogP contribution in [0.15, 0.2) is 48.6 Å². The highest BCUT2D eigenvalue weighted by atomic mass is 35.5. The topological polar surface area (TPSA) is 12.0 Å². The van der Waals surface area contributed by atoms with Gasteiger partial charge in [0.2, 0.25) is 0 Å². The van der Waals surface area contributed by atoms with Crippen LogP contribution in [0.4, 0.5) is 5.69 Å². The Labute approximate surface area is 147 Å². The molecule has 4 rings (SSSR count). The minimum Gasteiger partial charge on any atom is -0.376 e. The minimum atomic E-state index is 0.268. The van der Waals surface area contributed by atoms with Crippen LogP contribution >= 0.6 is 23.2 Å². The third-order valence-corrected chi connectivity index (χ3v) is 5.81. The van der Waals surface area contributed by atoms with Crippen molar-refractivity contribution in [2.24, 2.45) is 5.92 Å². The molecule has 3 heteroatoms. The Kier molecular flexibility index (Phi) is 3.87. The monoisotopic (exact) mass is 343 g/mol.